The van der Waals surface area contributed by atoms with Gasteiger partial charge in [0.05, 0.1) is 23.0 Å². The van der Waals surface area contributed by atoms with Crippen LogP contribution in [-0.2, 0) is 4.79 Å². The molecule has 1 aromatic carbocycles. The Morgan fingerprint density at radius 3 is 2.54 bits per heavy atom. The van der Waals surface area contributed by atoms with Crippen molar-refractivity contribution in [1.29, 1.82) is 0 Å². The summed E-state index contributed by atoms with van der Waals surface area (Å²) < 4.78 is 0. The van der Waals surface area contributed by atoms with E-state index in [1.54, 1.807) is 23.4 Å². The predicted octanol–water partition coefficient (Wildman–Crippen LogP) is 3.84. The highest BCUT2D eigenvalue weighted by atomic mass is 32.1. The van der Waals surface area contributed by atoms with Gasteiger partial charge in [0.1, 0.15) is 6.04 Å². The van der Waals surface area contributed by atoms with Crippen molar-refractivity contribution in [3.8, 4) is 11.4 Å². The van der Waals surface area contributed by atoms with Crippen molar-refractivity contribution in [2.75, 3.05) is 11.9 Å². The first-order valence-electron chi connectivity index (χ1n) is 9.25. The van der Waals surface area contributed by atoms with Crippen molar-refractivity contribution in [3.05, 3.63) is 65.1 Å². The molecule has 142 valence electrons. The largest absolute Gasteiger partial charge is 0.326 e. The first-order valence-corrected chi connectivity index (χ1v) is 10.1. The molecule has 1 fully saturated rings. The molecule has 6 nitrogen and oxygen atoms in total. The molecule has 1 N–H and O–H groups in total. The monoisotopic (exact) mass is 392 g/mol. The van der Waals surface area contributed by atoms with Gasteiger partial charge in [-0.25, -0.2) is 9.97 Å². The summed E-state index contributed by atoms with van der Waals surface area (Å²) in [7, 11) is 0. The van der Waals surface area contributed by atoms with Crippen LogP contribution in [0.5, 0.6) is 0 Å². The minimum absolute atomic E-state index is 0.0782. The van der Waals surface area contributed by atoms with Gasteiger partial charge in [-0.15, -0.1) is 11.3 Å². The van der Waals surface area contributed by atoms with Gasteiger partial charge < -0.3 is 10.2 Å². The molecule has 1 saturated heterocycles. The van der Waals surface area contributed by atoms with Crippen LogP contribution in [0.4, 0.5) is 5.69 Å². The summed E-state index contributed by atoms with van der Waals surface area (Å²) in [6.45, 7) is 0.596. The lowest BCUT2D eigenvalue weighted by atomic mass is 10.0. The van der Waals surface area contributed by atoms with Gasteiger partial charge in [-0.05, 0) is 30.7 Å². The van der Waals surface area contributed by atoms with Crippen LogP contribution < -0.4 is 5.32 Å². The molecule has 7 heteroatoms. The fraction of sp³-hybridized carbons (Fsp3) is 0.238. The molecule has 0 radical (unpaired) electrons. The molecule has 0 saturated carbocycles. The van der Waals surface area contributed by atoms with E-state index in [-0.39, 0.29) is 11.8 Å². The molecule has 0 aliphatic carbocycles. The van der Waals surface area contributed by atoms with Crippen LogP contribution in [0.15, 0.2) is 60.2 Å². The molecule has 4 rings (SSSR count). The third kappa shape index (κ3) is 3.94. The molecule has 2 aromatic heterocycles. The van der Waals surface area contributed by atoms with Crippen molar-refractivity contribution >= 4 is 28.8 Å². The van der Waals surface area contributed by atoms with E-state index >= 15 is 0 Å². The van der Waals surface area contributed by atoms with Crippen LogP contribution in [0.3, 0.4) is 0 Å². The summed E-state index contributed by atoms with van der Waals surface area (Å²) in [4.78, 5) is 36.6. The molecule has 0 spiro atoms. The first-order chi connectivity index (χ1) is 13.7. The van der Waals surface area contributed by atoms with Gasteiger partial charge >= 0.3 is 0 Å². The van der Waals surface area contributed by atoms with E-state index in [1.165, 1.54) is 11.3 Å². The van der Waals surface area contributed by atoms with E-state index in [0.29, 0.717) is 29.4 Å². The number of rotatable bonds is 4. The smallest absolute Gasteiger partial charge is 0.264 e. The molecule has 2 amide bonds. The van der Waals surface area contributed by atoms with Gasteiger partial charge in [-0.2, -0.15) is 0 Å². The number of benzene rings is 1. The fourth-order valence-corrected chi connectivity index (χ4v) is 4.02. The Balaban J connectivity index is 1.46. The van der Waals surface area contributed by atoms with Crippen molar-refractivity contribution < 1.29 is 9.59 Å². The van der Waals surface area contributed by atoms with Crippen molar-refractivity contribution in [2.24, 2.45) is 0 Å². The molecular weight excluding hydrogens is 372 g/mol. The van der Waals surface area contributed by atoms with E-state index in [1.807, 2.05) is 41.8 Å². The molecule has 1 aliphatic heterocycles. The average Bonchev–Trinajstić information content (AvgIpc) is 3.29. The number of hydrogen-bond acceptors (Lipinski definition) is 5. The van der Waals surface area contributed by atoms with E-state index < -0.39 is 6.04 Å². The third-order valence-corrected chi connectivity index (χ3v) is 5.61. The molecule has 0 bridgehead atoms. The number of thiophene rings is 1. The van der Waals surface area contributed by atoms with E-state index in [2.05, 4.69) is 15.3 Å². The zero-order valence-corrected chi connectivity index (χ0v) is 16.1. The Bertz CT molecular complexity index is 942. The number of nitrogens with zero attached hydrogens (tertiary/aromatic N) is 3. The Morgan fingerprint density at radius 1 is 1.04 bits per heavy atom. The molecule has 3 heterocycles. The number of piperidine rings is 1. The van der Waals surface area contributed by atoms with Crippen LogP contribution >= 0.6 is 11.3 Å². The van der Waals surface area contributed by atoms with Crippen LogP contribution in [0, 0.1) is 0 Å². The number of anilines is 1. The van der Waals surface area contributed by atoms with Gasteiger partial charge in [0.25, 0.3) is 5.91 Å². The van der Waals surface area contributed by atoms with Crippen LogP contribution in [0.2, 0.25) is 0 Å². The topological polar surface area (TPSA) is 75.2 Å². The number of carbonyl (C=O) groups is 2. The lowest BCUT2D eigenvalue weighted by molar-refractivity contribution is -0.121. The summed E-state index contributed by atoms with van der Waals surface area (Å²) in [6.07, 6.45) is 5.69. The number of amides is 2. The standard InChI is InChI=1S/C21H20N4O2S/c26-20(17-9-4-5-11-25(17)21(27)18-10-6-12-28-18)24-16-13-22-19(23-14-16)15-7-2-1-3-8-15/h1-3,6-8,10,12-14,17H,4-5,9,11H2,(H,24,26). The highest BCUT2D eigenvalue weighted by molar-refractivity contribution is 7.12. The van der Waals surface area contributed by atoms with Crippen LogP contribution in [0.25, 0.3) is 11.4 Å². The molecule has 1 atom stereocenters. The summed E-state index contributed by atoms with van der Waals surface area (Å²) >= 11 is 1.40. The lowest BCUT2D eigenvalue weighted by Crippen LogP contribution is -2.49. The van der Waals surface area contributed by atoms with Crippen molar-refractivity contribution in [2.45, 2.75) is 25.3 Å². The summed E-state index contributed by atoms with van der Waals surface area (Å²) in [5.74, 6) is 0.331. The quantitative estimate of drug-likeness (QED) is 0.732. The highest BCUT2D eigenvalue weighted by Crippen LogP contribution is 2.23. The molecule has 1 unspecified atom stereocenters. The predicted molar refractivity (Wildman–Crippen MR) is 109 cm³/mol. The Kier molecular flexibility index (Phi) is 5.43. The van der Waals surface area contributed by atoms with Gasteiger partial charge in [0.15, 0.2) is 5.82 Å². The Hall–Kier alpha value is -3.06. The lowest BCUT2D eigenvalue weighted by Gasteiger charge is -2.34. The van der Waals surface area contributed by atoms with Gasteiger partial charge in [-0.3, -0.25) is 9.59 Å². The maximum absolute atomic E-state index is 12.8. The molecule has 28 heavy (non-hydrogen) atoms. The van der Waals surface area contributed by atoms with Crippen LogP contribution in [0.1, 0.15) is 28.9 Å². The van der Waals surface area contributed by atoms with E-state index in [9.17, 15) is 9.59 Å². The molecular formula is C21H20N4O2S. The third-order valence-electron chi connectivity index (χ3n) is 4.75. The number of carbonyl (C=O) groups excluding carboxylic acids is 2. The van der Waals surface area contributed by atoms with Gasteiger partial charge in [0.2, 0.25) is 5.91 Å². The number of likely N-dealkylation sites (tertiary alicyclic amines) is 1. The average molecular weight is 392 g/mol. The first kappa shape index (κ1) is 18.3. The van der Waals surface area contributed by atoms with Crippen molar-refractivity contribution in [3.63, 3.8) is 0 Å². The normalized spacial score (nSPS) is 16.6. The zero-order valence-electron chi connectivity index (χ0n) is 15.2. The zero-order chi connectivity index (χ0) is 19.3. The summed E-state index contributed by atoms with van der Waals surface area (Å²) in [5.41, 5.74) is 1.44. The maximum atomic E-state index is 12.8. The van der Waals surface area contributed by atoms with Gasteiger partial charge in [0, 0.05) is 12.1 Å². The SMILES string of the molecule is O=C(Nc1cnc(-c2ccccc2)nc1)C1CCCCN1C(=O)c1cccs1. The van der Waals surface area contributed by atoms with E-state index in [0.717, 1.165) is 18.4 Å². The number of nitrogens with one attached hydrogen (secondary N) is 1. The number of aromatic nitrogens is 2. The Labute approximate surface area is 167 Å². The molecule has 1 aliphatic rings. The van der Waals surface area contributed by atoms with Crippen molar-refractivity contribution in [1.82, 2.24) is 14.9 Å². The van der Waals surface area contributed by atoms with Crippen LogP contribution in [-0.4, -0.2) is 39.3 Å². The Morgan fingerprint density at radius 2 is 1.82 bits per heavy atom. The maximum Gasteiger partial charge on any atom is 0.264 e. The minimum Gasteiger partial charge on any atom is -0.326 e. The summed E-state index contributed by atoms with van der Waals surface area (Å²) in [5, 5.41) is 4.74. The number of hydrogen-bond donors (Lipinski definition) is 1. The second-order valence-electron chi connectivity index (χ2n) is 6.64. The fourth-order valence-electron chi connectivity index (χ4n) is 3.34. The minimum atomic E-state index is -0.475. The van der Waals surface area contributed by atoms with E-state index in [4.69, 9.17) is 0 Å². The molecule has 3 aromatic rings. The highest BCUT2D eigenvalue weighted by Gasteiger charge is 2.33. The van der Waals surface area contributed by atoms with Gasteiger partial charge in [-0.1, -0.05) is 36.4 Å². The summed E-state index contributed by atoms with van der Waals surface area (Å²) in [6, 6.07) is 12.8. The second-order valence-corrected chi connectivity index (χ2v) is 7.59. The second kappa shape index (κ2) is 8.31.